The first-order valence-corrected chi connectivity index (χ1v) is 5.07. The van der Waals surface area contributed by atoms with Gasteiger partial charge in [-0.05, 0) is 12.8 Å². The first-order valence-electron chi connectivity index (χ1n) is 3.78. The molecular formula is C6H14F3NS. The van der Waals surface area contributed by atoms with Crippen LogP contribution in [0.15, 0.2) is 0 Å². The molecule has 5 heteroatoms. The number of rotatable bonds is 1. The van der Waals surface area contributed by atoms with E-state index >= 15 is 0 Å². The number of hydrogen-bond donors (Lipinski definition) is 0. The fourth-order valence-corrected chi connectivity index (χ4v) is 1.57. The summed E-state index contributed by atoms with van der Waals surface area (Å²) in [4.78, 5) is 0. The van der Waals surface area contributed by atoms with Gasteiger partial charge in [-0.25, -0.2) is 0 Å². The summed E-state index contributed by atoms with van der Waals surface area (Å²) in [7, 11) is 0. The smallest absolute Gasteiger partial charge is 0.193 e. The van der Waals surface area contributed by atoms with E-state index in [4.69, 9.17) is 0 Å². The van der Waals surface area contributed by atoms with Gasteiger partial charge in [0.15, 0.2) is 0 Å². The molecule has 0 aromatic rings. The highest BCUT2D eigenvalue weighted by molar-refractivity contribution is 8.18. The molecule has 1 nitrogen and oxygen atoms in total. The Balaban J connectivity index is 0.000000461. The highest BCUT2D eigenvalue weighted by Crippen LogP contribution is 2.57. The van der Waals surface area contributed by atoms with Crippen LogP contribution in [0.4, 0.5) is 11.7 Å². The van der Waals surface area contributed by atoms with Gasteiger partial charge >= 0.3 is 0 Å². The lowest BCUT2D eigenvalue weighted by Crippen LogP contribution is -2.15. The van der Waals surface area contributed by atoms with Crippen molar-refractivity contribution in [1.82, 2.24) is 4.31 Å². The number of halogens is 3. The van der Waals surface area contributed by atoms with Gasteiger partial charge in [0, 0.05) is 13.1 Å². The second-order valence-electron chi connectivity index (χ2n) is 2.02. The van der Waals surface area contributed by atoms with Crippen molar-refractivity contribution in [1.29, 1.82) is 0 Å². The van der Waals surface area contributed by atoms with Crippen molar-refractivity contribution >= 4 is 11.4 Å². The van der Waals surface area contributed by atoms with Crippen molar-refractivity contribution in [3.05, 3.63) is 0 Å². The predicted octanol–water partition coefficient (Wildman–Crippen LogP) is 3.48. The van der Waals surface area contributed by atoms with Crippen molar-refractivity contribution in [2.75, 3.05) is 13.1 Å². The maximum absolute atomic E-state index is 11.8. The van der Waals surface area contributed by atoms with Gasteiger partial charge in [-0.1, -0.05) is 13.8 Å². The first-order chi connectivity index (χ1) is 5.11. The molecular weight excluding hydrogens is 175 g/mol. The average molecular weight is 189 g/mol. The van der Waals surface area contributed by atoms with E-state index in [0.29, 0.717) is 17.1 Å². The predicted molar refractivity (Wildman–Crippen MR) is 43.1 cm³/mol. The van der Waals surface area contributed by atoms with Crippen molar-refractivity contribution in [3.63, 3.8) is 0 Å². The van der Waals surface area contributed by atoms with Crippen LogP contribution in [0.5, 0.6) is 0 Å². The van der Waals surface area contributed by atoms with E-state index in [1.54, 1.807) is 0 Å². The zero-order valence-electron chi connectivity index (χ0n) is 6.82. The Morgan fingerprint density at radius 2 is 1.36 bits per heavy atom. The zero-order valence-corrected chi connectivity index (χ0v) is 7.63. The standard InChI is InChI=1S/C4H8F3NS.C2H6/c5-9(6,7)8-3-1-2-4-8;1-2/h1-4H2;1-2H3. The minimum atomic E-state index is -4.87. The van der Waals surface area contributed by atoms with Crippen molar-refractivity contribution in [2.45, 2.75) is 26.7 Å². The molecule has 0 N–H and O–H groups in total. The Morgan fingerprint density at radius 3 is 1.55 bits per heavy atom. The molecule has 0 atom stereocenters. The number of nitrogens with zero attached hydrogens (tertiary/aromatic N) is 1. The molecule has 1 saturated heterocycles. The molecule has 0 saturated carbocycles. The lowest BCUT2D eigenvalue weighted by atomic mass is 10.4. The highest BCUT2D eigenvalue weighted by Gasteiger charge is 2.32. The van der Waals surface area contributed by atoms with Crippen molar-refractivity contribution in [3.8, 4) is 0 Å². The number of hydrogen-bond acceptors (Lipinski definition) is 1. The Kier molecular flexibility index (Phi) is 4.92. The van der Waals surface area contributed by atoms with Crippen LogP contribution in [0.3, 0.4) is 0 Å². The second kappa shape index (κ2) is 4.87. The lowest BCUT2D eigenvalue weighted by Gasteiger charge is -2.20. The highest BCUT2D eigenvalue weighted by atomic mass is 32.3. The molecule has 11 heavy (non-hydrogen) atoms. The molecule has 1 aliphatic rings. The monoisotopic (exact) mass is 189 g/mol. The van der Waals surface area contributed by atoms with Gasteiger partial charge in [0.25, 0.3) is 11.4 Å². The Bertz CT molecular complexity index is 98.5. The quantitative estimate of drug-likeness (QED) is 0.610. The second-order valence-corrected chi connectivity index (χ2v) is 3.30. The molecule has 70 valence electrons. The summed E-state index contributed by atoms with van der Waals surface area (Å²) < 4.78 is 35.9. The van der Waals surface area contributed by atoms with Gasteiger partial charge in [0.05, 0.1) is 0 Å². The summed E-state index contributed by atoms with van der Waals surface area (Å²) in [6.07, 6.45) is 1.40. The van der Waals surface area contributed by atoms with Crippen LogP contribution in [0.2, 0.25) is 0 Å². The van der Waals surface area contributed by atoms with E-state index in [-0.39, 0.29) is 13.1 Å². The minimum Gasteiger partial charge on any atom is -0.193 e. The molecule has 1 heterocycles. The van der Waals surface area contributed by atoms with Crippen LogP contribution in [0, 0.1) is 0 Å². The van der Waals surface area contributed by atoms with Crippen LogP contribution in [0.25, 0.3) is 0 Å². The maximum Gasteiger partial charge on any atom is 0.278 e. The molecule has 0 unspecified atom stereocenters. The average Bonchev–Trinajstić information content (AvgIpc) is 2.40. The van der Waals surface area contributed by atoms with Gasteiger partial charge in [0.2, 0.25) is 0 Å². The van der Waals surface area contributed by atoms with Gasteiger partial charge in [0.1, 0.15) is 0 Å². The normalized spacial score (nSPS) is 20.8. The van der Waals surface area contributed by atoms with Crippen LogP contribution in [-0.2, 0) is 0 Å². The molecule has 0 aliphatic carbocycles. The van der Waals surface area contributed by atoms with Crippen LogP contribution in [-0.4, -0.2) is 17.4 Å². The summed E-state index contributed by atoms with van der Waals surface area (Å²) >= 11 is -4.87. The van der Waals surface area contributed by atoms with E-state index in [1.807, 2.05) is 13.8 Å². The fourth-order valence-electron chi connectivity index (χ4n) is 0.895. The van der Waals surface area contributed by atoms with Crippen LogP contribution >= 0.6 is 11.4 Å². The van der Waals surface area contributed by atoms with E-state index in [2.05, 4.69) is 0 Å². The third-order valence-electron chi connectivity index (χ3n) is 1.36. The third-order valence-corrected chi connectivity index (χ3v) is 2.31. The van der Waals surface area contributed by atoms with E-state index in [9.17, 15) is 11.7 Å². The van der Waals surface area contributed by atoms with Gasteiger partial charge in [-0.3, -0.25) is 0 Å². The van der Waals surface area contributed by atoms with E-state index < -0.39 is 11.4 Å². The summed E-state index contributed by atoms with van der Waals surface area (Å²) in [5.74, 6) is 0. The Morgan fingerprint density at radius 1 is 1.00 bits per heavy atom. The van der Waals surface area contributed by atoms with E-state index in [0.717, 1.165) is 0 Å². The topological polar surface area (TPSA) is 3.24 Å². The Hall–Kier alpha value is 0.1000. The molecule has 1 fully saturated rings. The fraction of sp³-hybridized carbons (Fsp3) is 1.00. The van der Waals surface area contributed by atoms with Crippen molar-refractivity contribution in [2.24, 2.45) is 0 Å². The van der Waals surface area contributed by atoms with Crippen LogP contribution < -0.4 is 0 Å². The molecule has 0 bridgehead atoms. The summed E-state index contributed by atoms with van der Waals surface area (Å²) in [6.45, 7) is 4.44. The molecule has 0 aromatic heterocycles. The molecule has 0 spiro atoms. The summed E-state index contributed by atoms with van der Waals surface area (Å²) in [5, 5.41) is 0. The van der Waals surface area contributed by atoms with Gasteiger partial charge in [-0.15, -0.1) is 11.7 Å². The summed E-state index contributed by atoms with van der Waals surface area (Å²) in [5.41, 5.74) is 0. The van der Waals surface area contributed by atoms with Gasteiger partial charge < -0.3 is 0 Å². The SMILES string of the molecule is CC.FS(F)(F)N1CCCC1. The molecule has 0 radical (unpaired) electrons. The summed E-state index contributed by atoms with van der Waals surface area (Å²) in [6, 6.07) is 0. The molecule has 1 aliphatic heterocycles. The zero-order chi connectivity index (χ0) is 8.91. The maximum atomic E-state index is 11.8. The lowest BCUT2D eigenvalue weighted by molar-refractivity contribution is 0.448. The first kappa shape index (κ1) is 11.1. The third kappa shape index (κ3) is 3.86. The van der Waals surface area contributed by atoms with Crippen molar-refractivity contribution < 1.29 is 11.7 Å². The minimum absolute atomic E-state index is 0.221. The van der Waals surface area contributed by atoms with Gasteiger partial charge in [-0.2, -0.15) is 4.31 Å². The van der Waals surface area contributed by atoms with E-state index in [1.165, 1.54) is 0 Å². The molecule has 0 aromatic carbocycles. The Labute approximate surface area is 67.9 Å². The molecule has 0 amide bonds. The molecule has 1 rings (SSSR count). The van der Waals surface area contributed by atoms with Crippen LogP contribution in [0.1, 0.15) is 26.7 Å². The largest absolute Gasteiger partial charge is 0.278 e.